The average Bonchev–Trinajstić information content (AvgIpc) is 2.41. The van der Waals surface area contributed by atoms with Gasteiger partial charge < -0.3 is 8.83 Å². The summed E-state index contributed by atoms with van der Waals surface area (Å²) in [5, 5.41) is 0. The van der Waals surface area contributed by atoms with Gasteiger partial charge in [0.05, 0.1) is 9.09 Å². The number of rotatable bonds is 0. The van der Waals surface area contributed by atoms with Crippen LogP contribution in [0.25, 0.3) is 22.3 Å². The van der Waals surface area contributed by atoms with Crippen molar-refractivity contribution in [2.45, 2.75) is 0 Å². The van der Waals surface area contributed by atoms with E-state index in [1.807, 2.05) is 24.3 Å². The molecule has 20 heavy (non-hydrogen) atoms. The Kier molecular flexibility index (Phi) is 4.26. The second-order valence-corrected chi connectivity index (χ2v) is 7.25. The third kappa shape index (κ3) is 2.71. The molecule has 0 aliphatic rings. The predicted molar refractivity (Wildman–Crippen MR) is 102 cm³/mol. The summed E-state index contributed by atoms with van der Waals surface area (Å²) in [4.78, 5) is 14.6. The monoisotopic (exact) mass is 605 g/mol. The highest BCUT2D eigenvalue weighted by molar-refractivity contribution is 14.1. The SMILES string of the molecule is O=c1[nH]c2ccccc2oc2cc(I)c(I)c(I)c2o1. The Morgan fingerprint density at radius 2 is 1.70 bits per heavy atom. The molecule has 0 saturated carbocycles. The minimum atomic E-state index is -0.517. The van der Waals surface area contributed by atoms with Gasteiger partial charge in [-0.2, -0.15) is 0 Å². The van der Waals surface area contributed by atoms with Crippen molar-refractivity contribution in [3.05, 3.63) is 51.6 Å². The van der Waals surface area contributed by atoms with Gasteiger partial charge in [-0.1, -0.05) is 12.1 Å². The minimum Gasteiger partial charge on any atom is -0.451 e. The largest absolute Gasteiger partial charge is 0.451 e. The quantitative estimate of drug-likeness (QED) is 0.296. The highest BCUT2D eigenvalue weighted by Gasteiger charge is 2.11. The Morgan fingerprint density at radius 3 is 2.50 bits per heavy atom. The van der Waals surface area contributed by atoms with E-state index in [1.54, 1.807) is 6.07 Å². The van der Waals surface area contributed by atoms with Gasteiger partial charge in [0, 0.05) is 7.14 Å². The van der Waals surface area contributed by atoms with Gasteiger partial charge in [0.2, 0.25) is 0 Å². The number of halogens is 3. The molecule has 102 valence electrons. The van der Waals surface area contributed by atoms with Gasteiger partial charge in [-0.15, -0.1) is 0 Å². The van der Waals surface area contributed by atoms with Crippen LogP contribution in [0.15, 0.2) is 44.0 Å². The zero-order chi connectivity index (χ0) is 14.3. The number of fused-ring (bicyclic) bond motifs is 2. The summed E-state index contributed by atoms with van der Waals surface area (Å²) >= 11 is 6.61. The lowest BCUT2D eigenvalue weighted by Gasteiger charge is -2.03. The van der Waals surface area contributed by atoms with E-state index < -0.39 is 5.76 Å². The second-order valence-electron chi connectivity index (χ2n) is 3.93. The predicted octanol–water partition coefficient (Wildman–Crippen LogP) is 4.81. The van der Waals surface area contributed by atoms with Crippen molar-refractivity contribution in [2.24, 2.45) is 0 Å². The number of H-pyrrole nitrogens is 1. The first-order valence-electron chi connectivity index (χ1n) is 5.49. The summed E-state index contributed by atoms with van der Waals surface area (Å²) in [5.74, 6) is -0.517. The van der Waals surface area contributed by atoms with Crippen LogP contribution < -0.4 is 5.76 Å². The van der Waals surface area contributed by atoms with E-state index in [9.17, 15) is 4.79 Å². The normalized spacial score (nSPS) is 10.9. The van der Waals surface area contributed by atoms with E-state index in [0.29, 0.717) is 22.3 Å². The van der Waals surface area contributed by atoms with E-state index >= 15 is 0 Å². The first-order valence-corrected chi connectivity index (χ1v) is 8.73. The summed E-state index contributed by atoms with van der Waals surface area (Å²) in [6, 6.07) is 9.13. The minimum absolute atomic E-state index is 0.447. The molecular formula is C13H6I3NO3. The second kappa shape index (κ2) is 5.83. The maximum Gasteiger partial charge on any atom is 0.417 e. The first kappa shape index (κ1) is 14.6. The highest BCUT2D eigenvalue weighted by atomic mass is 127. The molecule has 1 aromatic heterocycles. The summed E-state index contributed by atoms with van der Waals surface area (Å²) in [6.07, 6.45) is 0. The van der Waals surface area contributed by atoms with E-state index in [4.69, 9.17) is 8.83 Å². The Morgan fingerprint density at radius 1 is 0.950 bits per heavy atom. The van der Waals surface area contributed by atoms with Crippen LogP contribution in [0.3, 0.4) is 0 Å². The van der Waals surface area contributed by atoms with Crippen molar-refractivity contribution in [1.82, 2.24) is 4.98 Å². The molecule has 0 aliphatic carbocycles. The number of aromatic nitrogens is 1. The van der Waals surface area contributed by atoms with Crippen LogP contribution in [-0.2, 0) is 0 Å². The fraction of sp³-hybridized carbons (Fsp3) is 0. The van der Waals surface area contributed by atoms with Gasteiger partial charge in [0.15, 0.2) is 16.7 Å². The zero-order valence-electron chi connectivity index (χ0n) is 9.75. The summed E-state index contributed by atoms with van der Waals surface area (Å²) in [5.41, 5.74) is 2.17. The highest BCUT2D eigenvalue weighted by Crippen LogP contribution is 2.29. The Balaban J connectivity index is 2.61. The Hall–Kier alpha value is -0.300. The molecule has 3 aromatic rings. The van der Waals surface area contributed by atoms with Crippen LogP contribution in [0.2, 0.25) is 0 Å². The van der Waals surface area contributed by atoms with Gasteiger partial charge in [0.25, 0.3) is 0 Å². The summed E-state index contributed by atoms with van der Waals surface area (Å²) in [6.45, 7) is 0. The van der Waals surface area contributed by atoms with E-state index in [0.717, 1.165) is 10.7 Å². The molecule has 7 heteroatoms. The number of aromatic amines is 1. The Bertz CT molecular complexity index is 922. The molecule has 2 aromatic carbocycles. The van der Waals surface area contributed by atoms with Crippen molar-refractivity contribution in [3.8, 4) is 0 Å². The third-order valence-electron chi connectivity index (χ3n) is 2.62. The third-order valence-corrected chi connectivity index (χ3v) is 7.69. The molecule has 0 atom stereocenters. The van der Waals surface area contributed by atoms with Crippen LogP contribution >= 0.6 is 67.8 Å². The van der Waals surface area contributed by atoms with Gasteiger partial charge >= 0.3 is 5.76 Å². The molecule has 0 spiro atoms. The van der Waals surface area contributed by atoms with Crippen molar-refractivity contribution in [2.75, 3.05) is 0 Å². The van der Waals surface area contributed by atoms with Gasteiger partial charge in [-0.25, -0.2) is 4.79 Å². The van der Waals surface area contributed by atoms with Crippen LogP contribution in [0.4, 0.5) is 0 Å². The fourth-order valence-corrected chi connectivity index (χ4v) is 3.87. The van der Waals surface area contributed by atoms with Crippen molar-refractivity contribution >= 4 is 90.0 Å². The summed E-state index contributed by atoms with van der Waals surface area (Å²) < 4.78 is 14.2. The first-order chi connectivity index (χ1) is 9.56. The lowest BCUT2D eigenvalue weighted by molar-refractivity contribution is 0.522. The molecule has 0 fully saturated rings. The number of para-hydroxylation sites is 2. The van der Waals surface area contributed by atoms with E-state index in [-0.39, 0.29) is 0 Å². The molecule has 1 N–H and O–H groups in total. The molecule has 1 heterocycles. The molecule has 0 radical (unpaired) electrons. The van der Waals surface area contributed by atoms with Crippen molar-refractivity contribution < 1.29 is 8.83 Å². The van der Waals surface area contributed by atoms with Crippen LogP contribution in [0.1, 0.15) is 0 Å². The number of nitrogens with one attached hydrogen (secondary N) is 1. The van der Waals surface area contributed by atoms with Crippen LogP contribution in [-0.4, -0.2) is 4.98 Å². The molecule has 0 saturated heterocycles. The molecule has 0 aliphatic heterocycles. The molecule has 0 bridgehead atoms. The maximum atomic E-state index is 11.9. The molecule has 0 unspecified atom stereocenters. The molecule has 0 amide bonds. The van der Waals surface area contributed by atoms with Crippen LogP contribution in [0, 0.1) is 10.7 Å². The topological polar surface area (TPSA) is 59.1 Å². The van der Waals surface area contributed by atoms with E-state index in [2.05, 4.69) is 72.8 Å². The van der Waals surface area contributed by atoms with Crippen molar-refractivity contribution in [1.29, 1.82) is 0 Å². The fourth-order valence-electron chi connectivity index (χ4n) is 1.73. The zero-order valence-corrected chi connectivity index (χ0v) is 16.2. The lowest BCUT2D eigenvalue weighted by atomic mass is 10.3. The standard InChI is InChI=1S/C13H6I3NO3/c14-6-5-9-12(11(16)10(6)15)20-13(18)17-7-3-1-2-4-8(7)19-9/h1-5H,(H,17,18). The van der Waals surface area contributed by atoms with E-state index in [1.165, 1.54) is 0 Å². The lowest BCUT2D eigenvalue weighted by Crippen LogP contribution is -2.02. The average molecular weight is 605 g/mol. The Labute approximate surface area is 154 Å². The van der Waals surface area contributed by atoms with Gasteiger partial charge in [-0.05, 0) is 86.0 Å². The van der Waals surface area contributed by atoms with Crippen molar-refractivity contribution in [3.63, 3.8) is 0 Å². The van der Waals surface area contributed by atoms with Crippen LogP contribution in [0.5, 0.6) is 0 Å². The van der Waals surface area contributed by atoms with Gasteiger partial charge in [0.1, 0.15) is 0 Å². The summed E-state index contributed by atoms with van der Waals surface area (Å²) in [7, 11) is 0. The smallest absolute Gasteiger partial charge is 0.417 e. The molecular weight excluding hydrogens is 599 g/mol. The number of hydrogen-bond acceptors (Lipinski definition) is 3. The van der Waals surface area contributed by atoms with Gasteiger partial charge in [-0.3, -0.25) is 4.98 Å². The molecule has 4 nitrogen and oxygen atoms in total. The number of benzene rings is 2. The molecule has 3 rings (SSSR count). The number of hydrogen-bond donors (Lipinski definition) is 1. The maximum absolute atomic E-state index is 11.9.